The van der Waals surface area contributed by atoms with Gasteiger partial charge in [-0.25, -0.2) is 9.78 Å². The maximum Gasteiger partial charge on any atom is 0.331 e. The first kappa shape index (κ1) is 19.3. The van der Waals surface area contributed by atoms with Gasteiger partial charge >= 0.3 is 5.97 Å². The van der Waals surface area contributed by atoms with Crippen LogP contribution in [0.5, 0.6) is 0 Å². The number of para-hydroxylation sites is 1. The molecule has 1 amide bonds. The smallest absolute Gasteiger partial charge is 0.331 e. The molecule has 0 aliphatic carbocycles. The Morgan fingerprint density at radius 2 is 2.07 bits per heavy atom. The van der Waals surface area contributed by atoms with Crippen LogP contribution in [0.1, 0.15) is 28.4 Å². The highest BCUT2D eigenvalue weighted by atomic mass is 32.1. The highest BCUT2D eigenvalue weighted by molar-refractivity contribution is 7.18. The van der Waals surface area contributed by atoms with Gasteiger partial charge in [-0.1, -0.05) is 12.1 Å². The summed E-state index contributed by atoms with van der Waals surface area (Å²) < 4.78 is 6.16. The van der Waals surface area contributed by atoms with Crippen LogP contribution in [0.3, 0.4) is 0 Å². The van der Waals surface area contributed by atoms with E-state index in [-0.39, 0.29) is 18.6 Å². The van der Waals surface area contributed by atoms with E-state index in [9.17, 15) is 9.59 Å². The number of hydrogen-bond acceptors (Lipinski definition) is 6. The molecule has 0 radical (unpaired) electrons. The number of esters is 1. The lowest BCUT2D eigenvalue weighted by molar-refractivity contribution is -0.148. The number of thiazole rings is 1. The van der Waals surface area contributed by atoms with Crippen LogP contribution in [-0.2, 0) is 14.3 Å². The average molecular weight is 401 g/mol. The molecule has 2 heterocycles. The molecule has 0 bridgehead atoms. The molecule has 0 spiro atoms. The van der Waals surface area contributed by atoms with Gasteiger partial charge in [-0.05, 0) is 49.1 Å². The largest absolute Gasteiger partial charge is 0.452 e. The molecule has 1 aromatic carbocycles. The predicted molar refractivity (Wildman–Crippen MR) is 110 cm³/mol. The molecule has 0 unspecified atom stereocenters. The quantitative estimate of drug-likeness (QED) is 0.453. The number of benzene rings is 1. The second kappa shape index (κ2) is 8.45. The summed E-state index contributed by atoms with van der Waals surface area (Å²) in [6, 6.07) is 9.65. The third kappa shape index (κ3) is 4.61. The SMILES string of the molecule is Cc1ccsc1/C=C/C(=O)OCC(=O)N(C)[C@@H](C)c1nc2ccccc2s1. The van der Waals surface area contributed by atoms with Crippen LogP contribution >= 0.6 is 22.7 Å². The number of hydrogen-bond donors (Lipinski definition) is 0. The number of fused-ring (bicyclic) bond motifs is 1. The zero-order chi connectivity index (χ0) is 19.4. The van der Waals surface area contributed by atoms with Crippen molar-refractivity contribution < 1.29 is 14.3 Å². The summed E-state index contributed by atoms with van der Waals surface area (Å²) in [5, 5.41) is 2.81. The minimum absolute atomic E-state index is 0.196. The zero-order valence-corrected chi connectivity index (χ0v) is 17.0. The molecule has 2 aromatic heterocycles. The van der Waals surface area contributed by atoms with Gasteiger partial charge in [-0.15, -0.1) is 22.7 Å². The molecule has 0 fully saturated rings. The molecule has 7 heteroatoms. The Labute approximate surface area is 165 Å². The average Bonchev–Trinajstić information content (AvgIpc) is 3.28. The molecular weight excluding hydrogens is 380 g/mol. The lowest BCUT2D eigenvalue weighted by Gasteiger charge is -2.22. The summed E-state index contributed by atoms with van der Waals surface area (Å²) in [7, 11) is 1.69. The van der Waals surface area contributed by atoms with Crippen molar-refractivity contribution in [2.75, 3.05) is 13.7 Å². The summed E-state index contributed by atoms with van der Waals surface area (Å²) in [4.78, 5) is 31.4. The molecule has 27 heavy (non-hydrogen) atoms. The Hall–Kier alpha value is -2.51. The standard InChI is InChI=1S/C20H20N2O3S2/c1-13-10-11-26-16(13)8-9-19(24)25-12-18(23)22(3)14(2)20-21-15-6-4-5-7-17(15)27-20/h4-11,14H,12H2,1-3H3/b9-8+/t14-/m0/s1. The number of thiophene rings is 1. The van der Waals surface area contributed by atoms with Crippen molar-refractivity contribution in [1.29, 1.82) is 0 Å². The van der Waals surface area contributed by atoms with Gasteiger partial charge in [-0.2, -0.15) is 0 Å². The Morgan fingerprint density at radius 1 is 1.30 bits per heavy atom. The van der Waals surface area contributed by atoms with Crippen LogP contribution in [0.25, 0.3) is 16.3 Å². The first-order chi connectivity index (χ1) is 13.0. The molecule has 0 aliphatic heterocycles. The Morgan fingerprint density at radius 3 is 2.78 bits per heavy atom. The van der Waals surface area contributed by atoms with Gasteiger partial charge in [0.05, 0.1) is 16.3 Å². The Bertz CT molecular complexity index is 957. The van der Waals surface area contributed by atoms with Gasteiger partial charge in [-0.3, -0.25) is 4.79 Å². The second-order valence-electron chi connectivity index (χ2n) is 6.11. The number of ether oxygens (including phenoxy) is 1. The summed E-state index contributed by atoms with van der Waals surface area (Å²) in [6.45, 7) is 3.60. The van der Waals surface area contributed by atoms with E-state index in [1.165, 1.54) is 6.08 Å². The van der Waals surface area contributed by atoms with E-state index in [0.717, 1.165) is 25.7 Å². The summed E-state index contributed by atoms with van der Waals surface area (Å²) >= 11 is 3.11. The van der Waals surface area contributed by atoms with Gasteiger partial charge in [0, 0.05) is 18.0 Å². The number of carbonyl (C=O) groups is 2. The predicted octanol–water partition coefficient (Wildman–Crippen LogP) is 4.44. The van der Waals surface area contributed by atoms with Crippen molar-refractivity contribution in [3.8, 4) is 0 Å². The van der Waals surface area contributed by atoms with Crippen LogP contribution in [0.4, 0.5) is 0 Å². The fourth-order valence-corrected chi connectivity index (χ4v) is 4.31. The van der Waals surface area contributed by atoms with Crippen molar-refractivity contribution in [1.82, 2.24) is 9.88 Å². The van der Waals surface area contributed by atoms with Gasteiger partial charge in [0.1, 0.15) is 5.01 Å². The number of amides is 1. The Kier molecular flexibility index (Phi) is 6.03. The fourth-order valence-electron chi connectivity index (χ4n) is 2.43. The van der Waals surface area contributed by atoms with Gasteiger partial charge in [0.15, 0.2) is 6.61 Å². The topological polar surface area (TPSA) is 59.5 Å². The van der Waals surface area contributed by atoms with Gasteiger partial charge in [0.2, 0.25) is 0 Å². The monoisotopic (exact) mass is 400 g/mol. The zero-order valence-electron chi connectivity index (χ0n) is 15.3. The molecular formula is C20H20N2O3S2. The molecule has 3 rings (SSSR count). The number of carbonyl (C=O) groups excluding carboxylic acids is 2. The maximum atomic E-state index is 12.4. The molecule has 0 saturated heterocycles. The van der Waals surface area contributed by atoms with E-state index < -0.39 is 5.97 Å². The van der Waals surface area contributed by atoms with Crippen molar-refractivity contribution in [2.45, 2.75) is 19.9 Å². The van der Waals surface area contributed by atoms with Crippen molar-refractivity contribution in [3.63, 3.8) is 0 Å². The minimum Gasteiger partial charge on any atom is -0.452 e. The third-order valence-electron chi connectivity index (χ3n) is 4.25. The van der Waals surface area contributed by atoms with E-state index >= 15 is 0 Å². The minimum atomic E-state index is -0.530. The second-order valence-corrected chi connectivity index (χ2v) is 8.12. The summed E-state index contributed by atoms with van der Waals surface area (Å²) in [5.41, 5.74) is 2.02. The maximum absolute atomic E-state index is 12.4. The van der Waals surface area contributed by atoms with E-state index in [0.29, 0.717) is 0 Å². The van der Waals surface area contributed by atoms with Gasteiger partial charge in [0.25, 0.3) is 5.91 Å². The Balaban J connectivity index is 1.56. The van der Waals surface area contributed by atoms with Crippen molar-refractivity contribution in [3.05, 3.63) is 57.2 Å². The van der Waals surface area contributed by atoms with Crippen LogP contribution in [0, 0.1) is 6.92 Å². The molecule has 0 saturated carbocycles. The van der Waals surface area contributed by atoms with E-state index in [2.05, 4.69) is 4.98 Å². The van der Waals surface area contributed by atoms with Crippen molar-refractivity contribution in [2.24, 2.45) is 0 Å². The van der Waals surface area contributed by atoms with Crippen molar-refractivity contribution >= 4 is 50.8 Å². The van der Waals surface area contributed by atoms with Crippen LogP contribution in [-0.4, -0.2) is 35.4 Å². The number of aromatic nitrogens is 1. The van der Waals surface area contributed by atoms with Crippen LogP contribution in [0.15, 0.2) is 41.8 Å². The number of likely N-dealkylation sites (N-methyl/N-ethyl adjacent to an activating group) is 1. The van der Waals surface area contributed by atoms with E-state index in [1.807, 2.05) is 49.6 Å². The normalized spacial score (nSPS) is 12.4. The lowest BCUT2D eigenvalue weighted by Crippen LogP contribution is -2.33. The van der Waals surface area contributed by atoms with E-state index in [4.69, 9.17) is 4.74 Å². The number of nitrogens with zero attached hydrogens (tertiary/aromatic N) is 2. The molecule has 5 nitrogen and oxygen atoms in total. The van der Waals surface area contributed by atoms with Crippen LogP contribution in [0.2, 0.25) is 0 Å². The van der Waals surface area contributed by atoms with Gasteiger partial charge < -0.3 is 9.64 Å². The molecule has 0 aliphatic rings. The van der Waals surface area contributed by atoms with E-state index in [1.54, 1.807) is 40.7 Å². The first-order valence-electron chi connectivity index (χ1n) is 8.45. The summed E-state index contributed by atoms with van der Waals surface area (Å²) in [5.74, 6) is -0.798. The molecule has 0 N–H and O–H groups in total. The molecule has 1 atom stereocenters. The first-order valence-corrected chi connectivity index (χ1v) is 10.2. The highest BCUT2D eigenvalue weighted by Crippen LogP contribution is 2.28. The molecule has 140 valence electrons. The summed E-state index contributed by atoms with van der Waals surface area (Å²) in [6.07, 6.45) is 3.06. The lowest BCUT2D eigenvalue weighted by atomic mass is 10.3. The van der Waals surface area contributed by atoms with Crippen LogP contribution < -0.4 is 0 Å². The number of aryl methyl sites for hydroxylation is 1. The molecule has 3 aromatic rings. The third-order valence-corrected chi connectivity index (χ3v) is 6.44. The highest BCUT2D eigenvalue weighted by Gasteiger charge is 2.21. The fraction of sp³-hybridized carbons (Fsp3) is 0.250. The number of rotatable bonds is 6.